The van der Waals surface area contributed by atoms with Crippen molar-refractivity contribution in [3.8, 4) is 0 Å². The fourth-order valence-corrected chi connectivity index (χ4v) is 3.72. The van der Waals surface area contributed by atoms with Crippen LogP contribution in [0, 0.1) is 0 Å². The summed E-state index contributed by atoms with van der Waals surface area (Å²) in [4.78, 5) is 0. The van der Waals surface area contributed by atoms with Crippen LogP contribution in [0.5, 0.6) is 0 Å². The highest BCUT2D eigenvalue weighted by Crippen LogP contribution is 2.34. The van der Waals surface area contributed by atoms with Gasteiger partial charge >= 0.3 is 0 Å². The number of halogens is 3. The van der Waals surface area contributed by atoms with Crippen molar-refractivity contribution in [2.24, 2.45) is 0 Å². The second-order valence-corrected chi connectivity index (χ2v) is 6.16. The number of anilines is 1. The molecule has 1 aromatic carbocycles. The number of thiocarbonyl (C=S) groups is 1. The van der Waals surface area contributed by atoms with Crippen LogP contribution in [-0.4, -0.2) is 11.7 Å². The van der Waals surface area contributed by atoms with Gasteiger partial charge in [0.1, 0.15) is 0 Å². The van der Waals surface area contributed by atoms with E-state index in [9.17, 15) is 0 Å². The Labute approximate surface area is 126 Å². The zero-order valence-corrected chi connectivity index (χ0v) is 14.2. The Morgan fingerprint density at radius 1 is 1.25 bits per heavy atom. The fraction of sp³-hybridized carbons (Fsp3) is 0.300. The van der Waals surface area contributed by atoms with Crippen LogP contribution in [0.1, 0.15) is 13.3 Å². The molecular formula is C10H11Br3N2S. The Bertz CT molecular complexity index is 373. The average Bonchev–Trinajstić information content (AvgIpc) is 2.20. The van der Waals surface area contributed by atoms with Gasteiger partial charge in [-0.1, -0.05) is 22.9 Å². The molecule has 0 amide bonds. The molecule has 0 fully saturated rings. The van der Waals surface area contributed by atoms with Crippen LogP contribution in [0.25, 0.3) is 0 Å². The SMILES string of the molecule is CCCNC(=S)Nc1c(Br)cc(Br)cc1Br. The van der Waals surface area contributed by atoms with Gasteiger partial charge in [-0.15, -0.1) is 0 Å². The maximum atomic E-state index is 5.18. The maximum Gasteiger partial charge on any atom is 0.170 e. The van der Waals surface area contributed by atoms with Crippen molar-refractivity contribution in [2.45, 2.75) is 13.3 Å². The van der Waals surface area contributed by atoms with E-state index in [0.717, 1.165) is 32.1 Å². The summed E-state index contributed by atoms with van der Waals surface area (Å²) >= 11 is 15.6. The first-order valence-corrected chi connectivity index (χ1v) is 7.52. The van der Waals surface area contributed by atoms with E-state index in [1.807, 2.05) is 12.1 Å². The summed E-state index contributed by atoms with van der Waals surface area (Å²) in [6.07, 6.45) is 1.05. The molecule has 1 rings (SSSR count). The van der Waals surface area contributed by atoms with Crippen molar-refractivity contribution in [1.82, 2.24) is 5.32 Å². The summed E-state index contributed by atoms with van der Waals surface area (Å²) in [5, 5.41) is 6.89. The molecule has 0 aliphatic heterocycles. The monoisotopic (exact) mass is 428 g/mol. The number of rotatable bonds is 3. The summed E-state index contributed by atoms with van der Waals surface area (Å²) in [6, 6.07) is 3.94. The van der Waals surface area contributed by atoms with E-state index < -0.39 is 0 Å². The van der Waals surface area contributed by atoms with Gasteiger partial charge in [0.25, 0.3) is 0 Å². The molecule has 0 radical (unpaired) electrons. The molecule has 0 aliphatic carbocycles. The zero-order valence-electron chi connectivity index (χ0n) is 8.61. The number of nitrogens with one attached hydrogen (secondary N) is 2. The number of hydrogen-bond acceptors (Lipinski definition) is 1. The molecule has 6 heteroatoms. The van der Waals surface area contributed by atoms with Gasteiger partial charge in [0.15, 0.2) is 5.11 Å². The summed E-state index contributed by atoms with van der Waals surface area (Å²) in [5.41, 5.74) is 0.928. The Balaban J connectivity index is 2.77. The third-order valence-corrected chi connectivity index (χ3v) is 3.74. The van der Waals surface area contributed by atoms with E-state index in [1.165, 1.54) is 0 Å². The van der Waals surface area contributed by atoms with Crippen molar-refractivity contribution >= 4 is 70.8 Å². The minimum atomic E-state index is 0.630. The van der Waals surface area contributed by atoms with Crippen molar-refractivity contribution in [3.63, 3.8) is 0 Å². The van der Waals surface area contributed by atoms with Gasteiger partial charge in [-0.3, -0.25) is 0 Å². The van der Waals surface area contributed by atoms with Crippen molar-refractivity contribution in [3.05, 3.63) is 25.6 Å². The van der Waals surface area contributed by atoms with Gasteiger partial charge in [-0.25, -0.2) is 0 Å². The molecule has 0 heterocycles. The largest absolute Gasteiger partial charge is 0.362 e. The summed E-state index contributed by atoms with van der Waals surface area (Å²) in [6.45, 7) is 2.97. The second-order valence-electron chi connectivity index (χ2n) is 3.13. The van der Waals surface area contributed by atoms with E-state index in [-0.39, 0.29) is 0 Å². The van der Waals surface area contributed by atoms with E-state index >= 15 is 0 Å². The van der Waals surface area contributed by atoms with Gasteiger partial charge in [0.05, 0.1) is 5.69 Å². The lowest BCUT2D eigenvalue weighted by molar-refractivity contribution is 0.846. The Hall–Kier alpha value is 0.350. The Morgan fingerprint density at radius 2 is 1.81 bits per heavy atom. The fourth-order valence-electron chi connectivity index (χ4n) is 1.06. The lowest BCUT2D eigenvalue weighted by Gasteiger charge is -2.13. The van der Waals surface area contributed by atoms with Crippen molar-refractivity contribution in [1.29, 1.82) is 0 Å². The highest BCUT2D eigenvalue weighted by atomic mass is 79.9. The van der Waals surface area contributed by atoms with E-state index in [1.54, 1.807) is 0 Å². The van der Waals surface area contributed by atoms with Crippen LogP contribution >= 0.6 is 60.0 Å². The first kappa shape index (κ1) is 14.4. The minimum Gasteiger partial charge on any atom is -0.362 e. The lowest BCUT2D eigenvalue weighted by Crippen LogP contribution is -2.29. The molecule has 0 unspecified atom stereocenters. The van der Waals surface area contributed by atoms with Crippen LogP contribution in [-0.2, 0) is 0 Å². The molecule has 0 saturated heterocycles. The molecule has 16 heavy (non-hydrogen) atoms. The summed E-state index contributed by atoms with van der Waals surface area (Å²) in [7, 11) is 0. The number of benzene rings is 1. The first-order chi connectivity index (χ1) is 7.54. The maximum absolute atomic E-state index is 5.18. The first-order valence-electron chi connectivity index (χ1n) is 4.74. The molecule has 88 valence electrons. The normalized spacial score (nSPS) is 10.0. The molecule has 0 aliphatic rings. The Morgan fingerprint density at radius 3 is 2.31 bits per heavy atom. The lowest BCUT2D eigenvalue weighted by atomic mass is 10.3. The summed E-state index contributed by atoms with van der Waals surface area (Å²) < 4.78 is 2.91. The molecule has 2 nitrogen and oxygen atoms in total. The minimum absolute atomic E-state index is 0.630. The number of hydrogen-bond donors (Lipinski definition) is 2. The van der Waals surface area contributed by atoms with Gasteiger partial charge in [-0.05, 0) is 62.6 Å². The van der Waals surface area contributed by atoms with Crippen molar-refractivity contribution < 1.29 is 0 Å². The van der Waals surface area contributed by atoms with Gasteiger partial charge in [0.2, 0.25) is 0 Å². The van der Waals surface area contributed by atoms with E-state index in [4.69, 9.17) is 12.2 Å². The Kier molecular flexibility index (Phi) is 6.25. The van der Waals surface area contributed by atoms with Crippen LogP contribution in [0.2, 0.25) is 0 Å². The molecular weight excluding hydrogens is 420 g/mol. The molecule has 0 atom stereocenters. The second kappa shape index (κ2) is 6.93. The molecule has 0 aromatic heterocycles. The molecule has 0 saturated carbocycles. The van der Waals surface area contributed by atoms with Gasteiger partial charge in [-0.2, -0.15) is 0 Å². The summed E-state index contributed by atoms with van der Waals surface area (Å²) in [5.74, 6) is 0. The average molecular weight is 431 g/mol. The highest BCUT2D eigenvalue weighted by Gasteiger charge is 2.07. The molecule has 0 spiro atoms. The van der Waals surface area contributed by atoms with Crippen molar-refractivity contribution in [2.75, 3.05) is 11.9 Å². The van der Waals surface area contributed by atoms with E-state index in [2.05, 4.69) is 65.3 Å². The molecule has 2 N–H and O–H groups in total. The molecule has 0 bridgehead atoms. The topological polar surface area (TPSA) is 24.1 Å². The third kappa shape index (κ3) is 4.31. The quantitative estimate of drug-likeness (QED) is 0.681. The smallest absolute Gasteiger partial charge is 0.170 e. The standard InChI is InChI=1S/C10H11Br3N2S/c1-2-3-14-10(16)15-9-7(12)4-6(11)5-8(9)13/h4-5H,2-3H2,1H3,(H2,14,15,16). The highest BCUT2D eigenvalue weighted by molar-refractivity contribution is 9.11. The predicted octanol–water partition coefficient (Wildman–Crippen LogP) is 4.67. The van der Waals surface area contributed by atoms with Crippen LogP contribution in [0.4, 0.5) is 5.69 Å². The molecule has 1 aromatic rings. The van der Waals surface area contributed by atoms with Crippen LogP contribution in [0.15, 0.2) is 25.6 Å². The van der Waals surface area contributed by atoms with Crippen LogP contribution in [0.3, 0.4) is 0 Å². The zero-order chi connectivity index (χ0) is 12.1. The van der Waals surface area contributed by atoms with Gasteiger partial charge < -0.3 is 10.6 Å². The van der Waals surface area contributed by atoms with Gasteiger partial charge in [0, 0.05) is 20.0 Å². The van der Waals surface area contributed by atoms with E-state index in [0.29, 0.717) is 5.11 Å². The predicted molar refractivity (Wildman–Crippen MR) is 84.1 cm³/mol. The van der Waals surface area contributed by atoms with Crippen LogP contribution < -0.4 is 10.6 Å². The third-order valence-electron chi connectivity index (χ3n) is 1.78.